The van der Waals surface area contributed by atoms with Crippen LogP contribution >= 0.6 is 11.6 Å². The Balaban J connectivity index is 1.63. The molecule has 1 N–H and O–H groups in total. The number of hydrogen-bond donors (Lipinski definition) is 1. The Kier molecular flexibility index (Phi) is 4.12. The van der Waals surface area contributed by atoms with E-state index in [1.54, 1.807) is 0 Å². The van der Waals surface area contributed by atoms with Gasteiger partial charge in [-0.25, -0.2) is 0 Å². The van der Waals surface area contributed by atoms with Gasteiger partial charge in [0.15, 0.2) is 0 Å². The molecule has 2 nitrogen and oxygen atoms in total. The molecule has 0 aromatic carbocycles. The number of alkyl halides is 1. The number of carbonyl (C=O) groups is 1. The molecule has 0 radical (unpaired) electrons. The van der Waals surface area contributed by atoms with E-state index in [2.05, 4.69) is 5.32 Å². The molecule has 0 saturated heterocycles. The van der Waals surface area contributed by atoms with Gasteiger partial charge in [0, 0.05) is 12.3 Å². The third-order valence-electron chi connectivity index (χ3n) is 4.02. The number of nitrogens with one attached hydrogen (secondary N) is 1. The van der Waals surface area contributed by atoms with Crippen LogP contribution in [0.4, 0.5) is 0 Å². The first-order valence-corrected chi connectivity index (χ1v) is 7.14. The zero-order valence-corrected chi connectivity index (χ0v) is 10.7. The monoisotopic (exact) mass is 243 g/mol. The maximum atomic E-state index is 11.7. The summed E-state index contributed by atoms with van der Waals surface area (Å²) in [5.74, 6) is 1.58. The van der Waals surface area contributed by atoms with Crippen molar-refractivity contribution in [2.24, 2.45) is 5.92 Å². The lowest BCUT2D eigenvalue weighted by Gasteiger charge is -2.21. The average Bonchev–Trinajstić information content (AvgIpc) is 3.08. The highest BCUT2D eigenvalue weighted by Gasteiger charge is 2.42. The van der Waals surface area contributed by atoms with Crippen molar-refractivity contribution >= 4 is 17.5 Å². The predicted molar refractivity (Wildman–Crippen MR) is 66.6 cm³/mol. The SMILES string of the molecule is O=C(CCC1CCCCC1)NC1(CCl)CC1. The van der Waals surface area contributed by atoms with Crippen LogP contribution in [0.5, 0.6) is 0 Å². The molecule has 0 heterocycles. The summed E-state index contributed by atoms with van der Waals surface area (Å²) < 4.78 is 0. The van der Waals surface area contributed by atoms with E-state index >= 15 is 0 Å². The molecule has 0 spiro atoms. The second-order valence-corrected chi connectivity index (χ2v) is 5.77. The van der Waals surface area contributed by atoms with E-state index in [1.807, 2.05) is 0 Å². The fourth-order valence-corrected chi connectivity index (χ4v) is 2.95. The third-order valence-corrected chi connectivity index (χ3v) is 4.53. The lowest BCUT2D eigenvalue weighted by Crippen LogP contribution is -2.38. The van der Waals surface area contributed by atoms with E-state index in [9.17, 15) is 4.79 Å². The molecular weight excluding hydrogens is 222 g/mol. The van der Waals surface area contributed by atoms with Crippen LogP contribution in [0.15, 0.2) is 0 Å². The summed E-state index contributed by atoms with van der Waals surface area (Å²) in [6.45, 7) is 0. The van der Waals surface area contributed by atoms with Crippen LogP contribution in [0.3, 0.4) is 0 Å². The zero-order chi connectivity index (χ0) is 11.4. The lowest BCUT2D eigenvalue weighted by atomic mass is 9.86. The highest BCUT2D eigenvalue weighted by molar-refractivity contribution is 6.19. The summed E-state index contributed by atoms with van der Waals surface area (Å²) in [5, 5.41) is 3.09. The smallest absolute Gasteiger partial charge is 0.220 e. The molecule has 0 atom stereocenters. The van der Waals surface area contributed by atoms with Crippen molar-refractivity contribution in [2.45, 2.75) is 63.3 Å². The van der Waals surface area contributed by atoms with Gasteiger partial charge in [0.25, 0.3) is 0 Å². The van der Waals surface area contributed by atoms with Crippen molar-refractivity contribution in [3.63, 3.8) is 0 Å². The van der Waals surface area contributed by atoms with Crippen molar-refractivity contribution in [1.82, 2.24) is 5.32 Å². The Morgan fingerprint density at radius 1 is 1.25 bits per heavy atom. The van der Waals surface area contributed by atoms with E-state index in [-0.39, 0.29) is 11.4 Å². The Labute approximate surface area is 103 Å². The van der Waals surface area contributed by atoms with Crippen molar-refractivity contribution < 1.29 is 4.79 Å². The molecule has 92 valence electrons. The molecule has 2 fully saturated rings. The molecule has 2 aliphatic carbocycles. The van der Waals surface area contributed by atoms with Gasteiger partial charge in [0.1, 0.15) is 0 Å². The van der Waals surface area contributed by atoms with E-state index in [0.29, 0.717) is 12.3 Å². The number of carbonyl (C=O) groups excluding carboxylic acids is 1. The van der Waals surface area contributed by atoms with Gasteiger partial charge in [0.2, 0.25) is 5.91 Å². The number of hydrogen-bond acceptors (Lipinski definition) is 1. The second kappa shape index (κ2) is 5.39. The summed E-state index contributed by atoms with van der Waals surface area (Å²) >= 11 is 5.83. The van der Waals surface area contributed by atoms with Crippen LogP contribution < -0.4 is 5.32 Å². The fourth-order valence-electron chi connectivity index (χ4n) is 2.61. The first-order chi connectivity index (χ1) is 7.74. The summed E-state index contributed by atoms with van der Waals surface area (Å²) in [7, 11) is 0. The second-order valence-electron chi connectivity index (χ2n) is 5.50. The molecule has 1 amide bonds. The normalized spacial score (nSPS) is 24.1. The van der Waals surface area contributed by atoms with Crippen LogP contribution in [0.2, 0.25) is 0 Å². The zero-order valence-electron chi connectivity index (χ0n) is 9.93. The fraction of sp³-hybridized carbons (Fsp3) is 0.923. The van der Waals surface area contributed by atoms with Crippen molar-refractivity contribution in [2.75, 3.05) is 5.88 Å². The largest absolute Gasteiger partial charge is 0.349 e. The first kappa shape index (κ1) is 12.2. The minimum atomic E-state index is -0.0226. The molecule has 2 saturated carbocycles. The van der Waals surface area contributed by atoms with Crippen LogP contribution in [0, 0.1) is 5.92 Å². The Bertz CT molecular complexity index is 244. The maximum absolute atomic E-state index is 11.7. The Hall–Kier alpha value is -0.240. The number of amides is 1. The molecule has 2 aliphatic rings. The van der Waals surface area contributed by atoms with Gasteiger partial charge in [-0.3, -0.25) is 4.79 Å². The van der Waals surface area contributed by atoms with Crippen LogP contribution in [0.25, 0.3) is 0 Å². The Morgan fingerprint density at radius 2 is 1.94 bits per heavy atom. The minimum Gasteiger partial charge on any atom is -0.349 e. The standard InChI is InChI=1S/C13H22ClNO/c14-10-13(8-9-13)15-12(16)7-6-11-4-2-1-3-5-11/h11H,1-10H2,(H,15,16). The van der Waals surface area contributed by atoms with E-state index in [0.717, 1.165) is 25.2 Å². The molecule has 0 bridgehead atoms. The summed E-state index contributed by atoms with van der Waals surface area (Å²) in [4.78, 5) is 11.7. The van der Waals surface area contributed by atoms with Crippen LogP contribution in [-0.2, 0) is 4.79 Å². The summed E-state index contributed by atoms with van der Waals surface area (Å²) in [6, 6.07) is 0. The number of rotatable bonds is 5. The third kappa shape index (κ3) is 3.38. The van der Waals surface area contributed by atoms with E-state index in [1.165, 1.54) is 32.1 Å². The van der Waals surface area contributed by atoms with Crippen LogP contribution in [0.1, 0.15) is 57.8 Å². The Morgan fingerprint density at radius 3 is 2.50 bits per heavy atom. The van der Waals surface area contributed by atoms with Crippen molar-refractivity contribution in [1.29, 1.82) is 0 Å². The van der Waals surface area contributed by atoms with Gasteiger partial charge in [-0.2, -0.15) is 0 Å². The molecule has 2 rings (SSSR count). The van der Waals surface area contributed by atoms with Crippen molar-refractivity contribution in [3.8, 4) is 0 Å². The topological polar surface area (TPSA) is 29.1 Å². The van der Waals surface area contributed by atoms with Gasteiger partial charge in [-0.15, -0.1) is 11.6 Å². The van der Waals surface area contributed by atoms with Gasteiger partial charge in [-0.05, 0) is 25.2 Å². The molecule has 0 aliphatic heterocycles. The van der Waals surface area contributed by atoms with Crippen molar-refractivity contribution in [3.05, 3.63) is 0 Å². The average molecular weight is 244 g/mol. The highest BCUT2D eigenvalue weighted by atomic mass is 35.5. The molecule has 0 unspecified atom stereocenters. The van der Waals surface area contributed by atoms with E-state index < -0.39 is 0 Å². The quantitative estimate of drug-likeness (QED) is 0.738. The van der Waals surface area contributed by atoms with Gasteiger partial charge in [0.05, 0.1) is 5.54 Å². The molecule has 3 heteroatoms. The molecule has 0 aromatic heterocycles. The first-order valence-electron chi connectivity index (χ1n) is 6.61. The van der Waals surface area contributed by atoms with E-state index in [4.69, 9.17) is 11.6 Å². The summed E-state index contributed by atoms with van der Waals surface area (Å²) in [6.07, 6.45) is 10.7. The van der Waals surface area contributed by atoms with Gasteiger partial charge >= 0.3 is 0 Å². The molecule has 16 heavy (non-hydrogen) atoms. The predicted octanol–water partition coefficient (Wildman–Crippen LogP) is 3.23. The van der Waals surface area contributed by atoms with Gasteiger partial charge < -0.3 is 5.32 Å². The lowest BCUT2D eigenvalue weighted by molar-refractivity contribution is -0.122. The molecular formula is C13H22ClNO. The maximum Gasteiger partial charge on any atom is 0.220 e. The van der Waals surface area contributed by atoms with Crippen LogP contribution in [-0.4, -0.2) is 17.3 Å². The number of halogens is 1. The minimum absolute atomic E-state index is 0.0226. The highest BCUT2D eigenvalue weighted by Crippen LogP contribution is 2.36. The van der Waals surface area contributed by atoms with Gasteiger partial charge in [-0.1, -0.05) is 32.1 Å². The summed E-state index contributed by atoms with van der Waals surface area (Å²) in [5.41, 5.74) is -0.0226. The molecule has 0 aromatic rings.